The minimum atomic E-state index is -0.0376. The zero-order valence-electron chi connectivity index (χ0n) is 15.7. The van der Waals surface area contributed by atoms with Gasteiger partial charge in [-0.2, -0.15) is 0 Å². The first kappa shape index (κ1) is 19.2. The molecular formula is C22H28N2O3. The van der Waals surface area contributed by atoms with E-state index in [1.54, 1.807) is 0 Å². The molecule has 5 nitrogen and oxygen atoms in total. The Hall–Kier alpha value is -2.53. The molecule has 1 fully saturated rings. The van der Waals surface area contributed by atoms with Gasteiger partial charge in [0, 0.05) is 13.2 Å². The normalized spacial score (nSPS) is 16.1. The van der Waals surface area contributed by atoms with Crippen LogP contribution in [0, 0.1) is 0 Å². The van der Waals surface area contributed by atoms with Crippen molar-refractivity contribution in [2.45, 2.75) is 31.8 Å². The van der Waals surface area contributed by atoms with E-state index in [1.807, 2.05) is 30.3 Å². The SMILES string of the molecule is O=C(CNc1ccccc1OCCCc1ccccc1)NCC1CCCO1. The van der Waals surface area contributed by atoms with Gasteiger partial charge in [-0.15, -0.1) is 0 Å². The first-order valence-corrected chi connectivity index (χ1v) is 9.69. The number of ether oxygens (including phenoxy) is 2. The van der Waals surface area contributed by atoms with Gasteiger partial charge in [0.05, 0.1) is 24.9 Å². The highest BCUT2D eigenvalue weighted by Crippen LogP contribution is 2.23. The summed E-state index contributed by atoms with van der Waals surface area (Å²) in [6.07, 6.45) is 4.19. The summed E-state index contributed by atoms with van der Waals surface area (Å²) in [6.45, 7) is 2.24. The summed E-state index contributed by atoms with van der Waals surface area (Å²) in [5.74, 6) is 0.738. The molecule has 2 N–H and O–H groups in total. The zero-order valence-corrected chi connectivity index (χ0v) is 15.7. The van der Waals surface area contributed by atoms with E-state index < -0.39 is 0 Å². The topological polar surface area (TPSA) is 59.6 Å². The molecule has 5 heteroatoms. The number of amides is 1. The third-order valence-corrected chi connectivity index (χ3v) is 4.59. The molecule has 1 atom stereocenters. The summed E-state index contributed by atoms with van der Waals surface area (Å²) in [4.78, 5) is 12.0. The molecule has 0 saturated carbocycles. The molecule has 1 aliphatic heterocycles. The maximum absolute atomic E-state index is 12.0. The fraction of sp³-hybridized carbons (Fsp3) is 0.409. The van der Waals surface area contributed by atoms with Crippen molar-refractivity contribution in [3.63, 3.8) is 0 Å². The smallest absolute Gasteiger partial charge is 0.239 e. The van der Waals surface area contributed by atoms with Crippen molar-refractivity contribution in [2.24, 2.45) is 0 Å². The number of para-hydroxylation sites is 2. The van der Waals surface area contributed by atoms with Crippen molar-refractivity contribution in [3.05, 3.63) is 60.2 Å². The van der Waals surface area contributed by atoms with Crippen LogP contribution >= 0.6 is 0 Å². The number of nitrogens with one attached hydrogen (secondary N) is 2. The van der Waals surface area contributed by atoms with E-state index in [1.165, 1.54) is 5.56 Å². The van der Waals surface area contributed by atoms with Crippen LogP contribution in [0.3, 0.4) is 0 Å². The van der Waals surface area contributed by atoms with Crippen LogP contribution in [0.1, 0.15) is 24.8 Å². The molecule has 0 aromatic heterocycles. The molecule has 144 valence electrons. The van der Waals surface area contributed by atoms with Gasteiger partial charge in [0.2, 0.25) is 5.91 Å². The van der Waals surface area contributed by atoms with Gasteiger partial charge in [-0.05, 0) is 43.4 Å². The number of carbonyl (C=O) groups excluding carboxylic acids is 1. The van der Waals surface area contributed by atoms with E-state index in [-0.39, 0.29) is 18.6 Å². The number of hydrogen-bond donors (Lipinski definition) is 2. The number of anilines is 1. The molecule has 1 aliphatic rings. The number of aryl methyl sites for hydroxylation is 1. The lowest BCUT2D eigenvalue weighted by molar-refractivity contribution is -0.119. The van der Waals surface area contributed by atoms with Gasteiger partial charge in [0.25, 0.3) is 0 Å². The van der Waals surface area contributed by atoms with E-state index in [4.69, 9.17) is 9.47 Å². The van der Waals surface area contributed by atoms with E-state index in [0.29, 0.717) is 13.2 Å². The largest absolute Gasteiger partial charge is 0.491 e. The lowest BCUT2D eigenvalue weighted by atomic mass is 10.1. The summed E-state index contributed by atoms with van der Waals surface area (Å²) < 4.78 is 11.4. The molecule has 0 spiro atoms. The van der Waals surface area contributed by atoms with Crippen LogP contribution in [0.25, 0.3) is 0 Å². The average Bonchev–Trinajstić information content (AvgIpc) is 3.23. The average molecular weight is 368 g/mol. The molecular weight excluding hydrogens is 340 g/mol. The standard InChI is InChI=1S/C22H28N2O3/c25-22(24-16-19-11-7-14-26-19)17-23-20-12-4-5-13-21(20)27-15-6-10-18-8-2-1-3-9-18/h1-5,8-9,12-13,19,23H,6-7,10-11,14-17H2,(H,24,25). The highest BCUT2D eigenvalue weighted by molar-refractivity contribution is 5.81. The second kappa shape index (κ2) is 10.6. The number of rotatable bonds is 10. The monoisotopic (exact) mass is 368 g/mol. The second-order valence-electron chi connectivity index (χ2n) is 6.73. The van der Waals surface area contributed by atoms with Crippen LogP contribution in [0.5, 0.6) is 5.75 Å². The molecule has 1 amide bonds. The summed E-state index contributed by atoms with van der Waals surface area (Å²) in [6, 6.07) is 18.1. The number of benzene rings is 2. The van der Waals surface area contributed by atoms with E-state index in [9.17, 15) is 4.79 Å². The molecule has 3 rings (SSSR count). The zero-order chi connectivity index (χ0) is 18.7. The van der Waals surface area contributed by atoms with Gasteiger partial charge in [-0.25, -0.2) is 0 Å². The minimum Gasteiger partial charge on any atom is -0.491 e. The lowest BCUT2D eigenvalue weighted by Crippen LogP contribution is -2.35. The summed E-state index contributed by atoms with van der Waals surface area (Å²) in [5, 5.41) is 6.09. The van der Waals surface area contributed by atoms with Crippen LogP contribution in [0.4, 0.5) is 5.69 Å². The van der Waals surface area contributed by atoms with Crippen LogP contribution in [-0.2, 0) is 16.0 Å². The Labute approximate surface area is 161 Å². The maximum atomic E-state index is 12.0. The van der Waals surface area contributed by atoms with Crippen LogP contribution in [-0.4, -0.2) is 38.3 Å². The fourth-order valence-corrected chi connectivity index (χ4v) is 3.11. The highest BCUT2D eigenvalue weighted by atomic mass is 16.5. The third-order valence-electron chi connectivity index (χ3n) is 4.59. The van der Waals surface area contributed by atoms with E-state index in [0.717, 1.165) is 43.7 Å². The molecule has 0 radical (unpaired) electrons. The Kier molecular flexibility index (Phi) is 7.54. The van der Waals surface area contributed by atoms with Gasteiger partial charge >= 0.3 is 0 Å². The van der Waals surface area contributed by atoms with Gasteiger partial charge in [-0.1, -0.05) is 42.5 Å². The predicted octanol–water partition coefficient (Wildman–Crippen LogP) is 3.41. The first-order chi connectivity index (χ1) is 13.3. The highest BCUT2D eigenvalue weighted by Gasteiger charge is 2.16. The molecule has 27 heavy (non-hydrogen) atoms. The Morgan fingerprint density at radius 1 is 1.11 bits per heavy atom. The van der Waals surface area contributed by atoms with Crippen molar-refractivity contribution < 1.29 is 14.3 Å². The Balaban J connectivity index is 1.39. The van der Waals surface area contributed by atoms with Crippen LogP contribution < -0.4 is 15.4 Å². The molecule has 1 unspecified atom stereocenters. The maximum Gasteiger partial charge on any atom is 0.239 e. The molecule has 2 aromatic carbocycles. The van der Waals surface area contributed by atoms with Gasteiger partial charge in [-0.3, -0.25) is 4.79 Å². The van der Waals surface area contributed by atoms with Crippen molar-refractivity contribution in [1.29, 1.82) is 0 Å². The quantitative estimate of drug-likeness (QED) is 0.631. The van der Waals surface area contributed by atoms with Gasteiger partial charge in [0.15, 0.2) is 0 Å². The fourth-order valence-electron chi connectivity index (χ4n) is 3.11. The van der Waals surface area contributed by atoms with E-state index in [2.05, 4.69) is 34.9 Å². The third kappa shape index (κ3) is 6.61. The molecule has 1 heterocycles. The first-order valence-electron chi connectivity index (χ1n) is 9.69. The summed E-state index contributed by atoms with van der Waals surface area (Å²) in [7, 11) is 0. The minimum absolute atomic E-state index is 0.0376. The van der Waals surface area contributed by atoms with Crippen LogP contribution in [0.15, 0.2) is 54.6 Å². The summed E-state index contributed by atoms with van der Waals surface area (Å²) in [5.41, 5.74) is 2.15. The second-order valence-corrected chi connectivity index (χ2v) is 6.73. The Morgan fingerprint density at radius 3 is 2.74 bits per heavy atom. The van der Waals surface area contributed by atoms with Crippen molar-refractivity contribution in [2.75, 3.05) is 31.6 Å². The van der Waals surface area contributed by atoms with Gasteiger partial charge in [0.1, 0.15) is 5.75 Å². The summed E-state index contributed by atoms with van der Waals surface area (Å²) >= 11 is 0. The van der Waals surface area contributed by atoms with Crippen molar-refractivity contribution in [1.82, 2.24) is 5.32 Å². The van der Waals surface area contributed by atoms with E-state index >= 15 is 0 Å². The molecule has 0 bridgehead atoms. The van der Waals surface area contributed by atoms with Gasteiger partial charge < -0.3 is 20.1 Å². The predicted molar refractivity (Wildman–Crippen MR) is 107 cm³/mol. The van der Waals surface area contributed by atoms with Crippen LogP contribution in [0.2, 0.25) is 0 Å². The molecule has 2 aromatic rings. The molecule has 1 saturated heterocycles. The molecule has 0 aliphatic carbocycles. The van der Waals surface area contributed by atoms with Crippen molar-refractivity contribution >= 4 is 11.6 Å². The Morgan fingerprint density at radius 2 is 1.93 bits per heavy atom. The Bertz CT molecular complexity index is 700. The van der Waals surface area contributed by atoms with Crippen molar-refractivity contribution in [3.8, 4) is 5.75 Å². The number of carbonyl (C=O) groups is 1. The lowest BCUT2D eigenvalue weighted by Gasteiger charge is -2.14. The number of hydrogen-bond acceptors (Lipinski definition) is 4.